The number of fused-ring (bicyclic) bond motifs is 2. The Morgan fingerprint density at radius 2 is 1.85 bits per heavy atom. The van der Waals surface area contributed by atoms with Gasteiger partial charge in [0, 0.05) is 19.0 Å². The van der Waals surface area contributed by atoms with Crippen LogP contribution in [0.4, 0.5) is 13.2 Å². The number of piperidine rings is 1. The van der Waals surface area contributed by atoms with Crippen molar-refractivity contribution in [2.24, 2.45) is 28.4 Å². The number of likely N-dealkylation sites (tertiary alicyclic amines) is 1. The van der Waals surface area contributed by atoms with Gasteiger partial charge in [-0.2, -0.15) is 13.2 Å². The summed E-state index contributed by atoms with van der Waals surface area (Å²) in [6, 6.07) is -3.60. The van der Waals surface area contributed by atoms with Crippen molar-refractivity contribution in [2.45, 2.75) is 90.6 Å². The first kappa shape index (κ1) is 28.8. The minimum absolute atomic E-state index is 0.0555. The highest BCUT2D eigenvalue weighted by Crippen LogP contribution is 2.65. The van der Waals surface area contributed by atoms with Gasteiger partial charge in [-0.15, -0.1) is 10.2 Å². The molecule has 3 heterocycles. The van der Waals surface area contributed by atoms with Crippen molar-refractivity contribution in [1.82, 2.24) is 30.3 Å². The van der Waals surface area contributed by atoms with E-state index in [1.165, 1.54) is 25.7 Å². The van der Waals surface area contributed by atoms with Crippen LogP contribution in [0, 0.1) is 22.7 Å². The summed E-state index contributed by atoms with van der Waals surface area (Å²) in [5.74, 6) is -4.11. The Morgan fingerprint density at radius 3 is 2.44 bits per heavy atom. The highest BCUT2D eigenvalue weighted by atomic mass is 19.4. The van der Waals surface area contributed by atoms with Crippen LogP contribution in [0.15, 0.2) is 6.33 Å². The molecule has 3 unspecified atom stereocenters. The number of nitrogens with zero attached hydrogens (tertiary/aromatic N) is 4. The molecule has 4 amide bonds. The second-order valence-corrected chi connectivity index (χ2v) is 12.6. The Bertz CT molecular complexity index is 1160. The number of carbonyl (C=O) groups excluding carboxylic acids is 4. The highest BCUT2D eigenvalue weighted by molar-refractivity contribution is 5.96. The van der Waals surface area contributed by atoms with Crippen LogP contribution in [0.3, 0.4) is 0 Å². The summed E-state index contributed by atoms with van der Waals surface area (Å²) < 4.78 is 41.0. The fourth-order valence-electron chi connectivity index (χ4n) is 6.24. The molecule has 0 aromatic carbocycles. The van der Waals surface area contributed by atoms with Gasteiger partial charge in [0.15, 0.2) is 0 Å². The SMILES string of the molecule is CC(C)(C)C(NC(=O)C(F)(F)F)C(=O)N1C[C@H]2[C@@H]([C@H]1C(=O)NC(CC1CCCn3cnnc31)C(N)=O)C2(C)C. The van der Waals surface area contributed by atoms with Crippen molar-refractivity contribution in [3.63, 3.8) is 0 Å². The Labute approximate surface area is 224 Å². The van der Waals surface area contributed by atoms with Gasteiger partial charge in [0.1, 0.15) is 30.3 Å². The number of nitrogens with one attached hydrogen (secondary N) is 2. The van der Waals surface area contributed by atoms with Gasteiger partial charge in [-0.05, 0) is 41.9 Å². The standard InChI is InChI=1S/C25H36F3N7O4/c1-23(2,3)17(32-22(39)25(26,27)28)21(38)35-10-13-15(24(13,4)5)16(35)20(37)31-14(18(29)36)9-12-7-6-8-34-11-30-33-19(12)34/h11-17H,6-10H2,1-5H3,(H2,29,36)(H,31,37)(H,32,39)/t12?,13-,14?,15-,16-,17?/m0/s1. The van der Waals surface area contributed by atoms with Crippen molar-refractivity contribution in [1.29, 1.82) is 0 Å². The molecule has 4 N–H and O–H groups in total. The molecule has 1 saturated heterocycles. The number of aryl methyl sites for hydroxylation is 1. The zero-order valence-electron chi connectivity index (χ0n) is 22.7. The maximum absolute atomic E-state index is 13.7. The zero-order valence-corrected chi connectivity index (χ0v) is 22.7. The monoisotopic (exact) mass is 555 g/mol. The topological polar surface area (TPSA) is 152 Å². The molecular weight excluding hydrogens is 519 g/mol. The van der Waals surface area contributed by atoms with Crippen molar-refractivity contribution in [2.75, 3.05) is 6.54 Å². The summed E-state index contributed by atoms with van der Waals surface area (Å²) in [5.41, 5.74) is 4.30. The van der Waals surface area contributed by atoms with Crippen LogP contribution < -0.4 is 16.4 Å². The van der Waals surface area contributed by atoms with Gasteiger partial charge in [0.05, 0.1) is 0 Å². The third kappa shape index (κ3) is 5.46. The van der Waals surface area contributed by atoms with Crippen molar-refractivity contribution >= 4 is 23.6 Å². The summed E-state index contributed by atoms with van der Waals surface area (Å²) in [6.07, 6.45) is -1.79. The number of alkyl halides is 3. The van der Waals surface area contributed by atoms with E-state index < -0.39 is 53.3 Å². The summed E-state index contributed by atoms with van der Waals surface area (Å²) in [6.45, 7) is 9.42. The predicted octanol–water partition coefficient (Wildman–Crippen LogP) is 1.09. The van der Waals surface area contributed by atoms with Gasteiger partial charge in [0.25, 0.3) is 0 Å². The molecule has 1 aromatic rings. The van der Waals surface area contributed by atoms with E-state index in [1.54, 1.807) is 6.33 Å². The summed E-state index contributed by atoms with van der Waals surface area (Å²) >= 11 is 0. The number of hydrogen-bond donors (Lipinski definition) is 3. The van der Waals surface area contributed by atoms with E-state index in [9.17, 15) is 32.3 Å². The number of primary amides is 1. The van der Waals surface area contributed by atoms with Crippen LogP contribution >= 0.6 is 0 Å². The smallest absolute Gasteiger partial charge is 0.368 e. The zero-order chi connectivity index (χ0) is 29.1. The molecule has 2 fully saturated rings. The maximum atomic E-state index is 13.7. The lowest BCUT2D eigenvalue weighted by molar-refractivity contribution is -0.176. The summed E-state index contributed by atoms with van der Waals surface area (Å²) in [4.78, 5) is 52.7. The van der Waals surface area contributed by atoms with Crippen molar-refractivity contribution < 1.29 is 32.3 Å². The molecule has 0 radical (unpaired) electrons. The normalized spacial score (nSPS) is 27.1. The average molecular weight is 556 g/mol. The third-order valence-corrected chi connectivity index (χ3v) is 8.55. The molecule has 0 bridgehead atoms. The molecule has 4 rings (SSSR count). The molecule has 1 aromatic heterocycles. The van der Waals surface area contributed by atoms with E-state index in [0.717, 1.165) is 19.4 Å². The number of rotatable bonds is 7. The lowest BCUT2D eigenvalue weighted by Crippen LogP contribution is -2.61. The fraction of sp³-hybridized carbons (Fsp3) is 0.760. The van der Waals surface area contributed by atoms with Crippen molar-refractivity contribution in [3.8, 4) is 0 Å². The van der Waals surface area contributed by atoms with Crippen LogP contribution in [-0.4, -0.2) is 74.1 Å². The van der Waals surface area contributed by atoms with E-state index in [0.29, 0.717) is 5.82 Å². The number of aromatic nitrogens is 3. The average Bonchev–Trinajstić information content (AvgIpc) is 3.24. The number of hydrogen-bond acceptors (Lipinski definition) is 6. The van der Waals surface area contributed by atoms with Crippen LogP contribution in [0.5, 0.6) is 0 Å². The van der Waals surface area contributed by atoms with Gasteiger partial charge < -0.3 is 25.8 Å². The number of carbonyl (C=O) groups is 4. The van der Waals surface area contributed by atoms with E-state index in [-0.39, 0.29) is 36.1 Å². The van der Waals surface area contributed by atoms with Gasteiger partial charge >= 0.3 is 12.1 Å². The second-order valence-electron chi connectivity index (χ2n) is 12.6. The number of amides is 4. The third-order valence-electron chi connectivity index (χ3n) is 8.55. The molecule has 39 heavy (non-hydrogen) atoms. The fourth-order valence-corrected chi connectivity index (χ4v) is 6.24. The molecule has 216 valence electrons. The van der Waals surface area contributed by atoms with Crippen LogP contribution in [0.25, 0.3) is 0 Å². The Hall–Kier alpha value is -3.19. The van der Waals surface area contributed by atoms with Gasteiger partial charge in [-0.3, -0.25) is 19.2 Å². The van der Waals surface area contributed by atoms with Gasteiger partial charge in [0.2, 0.25) is 17.7 Å². The van der Waals surface area contributed by atoms with Crippen LogP contribution in [0.2, 0.25) is 0 Å². The lowest BCUT2D eigenvalue weighted by Gasteiger charge is -2.38. The van der Waals surface area contributed by atoms with E-state index >= 15 is 0 Å². The molecule has 2 aliphatic heterocycles. The molecule has 3 aliphatic rings. The molecule has 0 spiro atoms. The summed E-state index contributed by atoms with van der Waals surface area (Å²) in [5, 5.41) is 12.6. The molecule has 11 nitrogen and oxygen atoms in total. The minimum Gasteiger partial charge on any atom is -0.368 e. The second kappa shape index (κ2) is 9.77. The van der Waals surface area contributed by atoms with Crippen molar-refractivity contribution in [3.05, 3.63) is 12.2 Å². The number of nitrogens with two attached hydrogens (primary N) is 1. The first-order valence-electron chi connectivity index (χ1n) is 13.1. The van der Waals surface area contributed by atoms with E-state index in [2.05, 4.69) is 15.5 Å². The predicted molar refractivity (Wildman–Crippen MR) is 131 cm³/mol. The maximum Gasteiger partial charge on any atom is 0.471 e. The van der Waals surface area contributed by atoms with E-state index in [4.69, 9.17) is 5.73 Å². The number of halogens is 3. The molecular formula is C25H36F3N7O4. The molecule has 1 saturated carbocycles. The lowest BCUT2D eigenvalue weighted by atomic mass is 9.85. The largest absolute Gasteiger partial charge is 0.471 e. The van der Waals surface area contributed by atoms with Gasteiger partial charge in [-0.1, -0.05) is 34.6 Å². The minimum atomic E-state index is -5.17. The van der Waals surface area contributed by atoms with Gasteiger partial charge in [-0.25, -0.2) is 0 Å². The molecule has 14 heteroatoms. The quantitative estimate of drug-likeness (QED) is 0.458. The van der Waals surface area contributed by atoms with E-state index in [1.807, 2.05) is 23.7 Å². The van der Waals surface area contributed by atoms with Crippen LogP contribution in [0.1, 0.15) is 65.6 Å². The van der Waals surface area contributed by atoms with Crippen LogP contribution in [-0.2, 0) is 25.7 Å². The Morgan fingerprint density at radius 1 is 1.18 bits per heavy atom. The Kier molecular flexibility index (Phi) is 7.22. The summed E-state index contributed by atoms with van der Waals surface area (Å²) in [7, 11) is 0. The molecule has 6 atom stereocenters. The Balaban J connectivity index is 1.55. The first-order valence-corrected chi connectivity index (χ1v) is 13.1. The molecule has 1 aliphatic carbocycles. The highest BCUT2D eigenvalue weighted by Gasteiger charge is 2.70. The first-order chi connectivity index (χ1) is 17.9.